The molecule has 0 aliphatic heterocycles. The predicted molar refractivity (Wildman–Crippen MR) is 148 cm³/mol. The van der Waals surface area contributed by atoms with Crippen molar-refractivity contribution in [3.63, 3.8) is 0 Å². The maximum absolute atomic E-state index is 6.00. The summed E-state index contributed by atoms with van der Waals surface area (Å²) in [5.74, 6) is 0. The van der Waals surface area contributed by atoms with E-state index in [2.05, 4.69) is 62.4 Å². The Hall–Kier alpha value is -3.32. The van der Waals surface area contributed by atoms with Crippen molar-refractivity contribution in [1.29, 1.82) is 0 Å². The number of hydrogen-bond acceptors (Lipinski definition) is 4. The van der Waals surface area contributed by atoms with Crippen LogP contribution in [0.4, 0.5) is 0 Å². The lowest BCUT2D eigenvalue weighted by Gasteiger charge is -2.36. The van der Waals surface area contributed by atoms with Crippen molar-refractivity contribution >= 4 is 48.7 Å². The molecule has 0 N–H and O–H groups in total. The average molecular weight is 512 g/mol. The van der Waals surface area contributed by atoms with Crippen molar-refractivity contribution < 1.29 is 17.7 Å². The number of allylic oxidation sites excluding steroid dienone is 4. The Morgan fingerprint density at radius 2 is 1.11 bits per heavy atom. The summed E-state index contributed by atoms with van der Waals surface area (Å²) in [6.07, 6.45) is 12.5. The van der Waals surface area contributed by atoms with Gasteiger partial charge in [0.25, 0.3) is 0 Å². The van der Waals surface area contributed by atoms with Gasteiger partial charge in [0.2, 0.25) is 0 Å². The van der Waals surface area contributed by atoms with Crippen molar-refractivity contribution in [2.24, 2.45) is 5.41 Å². The van der Waals surface area contributed by atoms with Crippen molar-refractivity contribution in [3.8, 4) is 0 Å². The molecule has 4 nitrogen and oxygen atoms in total. The molecule has 6 rings (SSSR count). The molecule has 6 heteroatoms. The largest absolute Gasteiger partial charge is 0.464 e. The Balaban J connectivity index is 1.62. The van der Waals surface area contributed by atoms with Gasteiger partial charge < -0.3 is 17.7 Å². The zero-order chi connectivity index (χ0) is 24.5. The highest BCUT2D eigenvalue weighted by Crippen LogP contribution is 2.55. The third-order valence-electron chi connectivity index (χ3n) is 6.40. The van der Waals surface area contributed by atoms with Gasteiger partial charge in [-0.15, -0.1) is 0 Å². The number of hydrogen-bond donors (Lipinski definition) is 0. The van der Waals surface area contributed by atoms with Gasteiger partial charge in [0.05, 0.1) is 40.9 Å². The standard InChI is InChI=1S/C30H26O4P2/c1-30(2)17-5-12-24(36(27-15-8-20-33-27)28-16-9-21-34-28)29(30)22-10-3-4-11-23(22)35(25-13-6-18-31-25)26-14-7-19-32-26/h3-16,18-21H,17H2,1-2H3. The van der Waals surface area contributed by atoms with Crippen molar-refractivity contribution in [3.05, 3.63) is 121 Å². The molecule has 0 amide bonds. The summed E-state index contributed by atoms with van der Waals surface area (Å²) < 4.78 is 23.9. The molecule has 1 aliphatic carbocycles. The third kappa shape index (κ3) is 4.15. The van der Waals surface area contributed by atoms with Crippen LogP contribution < -0.4 is 27.3 Å². The maximum Gasteiger partial charge on any atom is 0.137 e. The second-order valence-corrected chi connectivity index (χ2v) is 13.3. The first kappa shape index (κ1) is 23.1. The molecular formula is C30H26O4P2. The van der Waals surface area contributed by atoms with Crippen molar-refractivity contribution in [2.45, 2.75) is 20.3 Å². The van der Waals surface area contributed by atoms with Gasteiger partial charge >= 0.3 is 0 Å². The second-order valence-electron chi connectivity index (χ2n) is 9.24. The lowest BCUT2D eigenvalue weighted by molar-refractivity contribution is 0.505. The van der Waals surface area contributed by atoms with Gasteiger partial charge in [0.1, 0.15) is 22.0 Å². The molecule has 0 fully saturated rings. The zero-order valence-corrected chi connectivity index (χ0v) is 21.9. The Labute approximate surface area is 212 Å². The van der Waals surface area contributed by atoms with Crippen LogP contribution in [-0.4, -0.2) is 0 Å². The average Bonchev–Trinajstić information content (AvgIpc) is 3.70. The first-order valence-corrected chi connectivity index (χ1v) is 14.6. The van der Waals surface area contributed by atoms with E-state index in [1.54, 1.807) is 25.1 Å². The monoisotopic (exact) mass is 512 g/mol. The van der Waals surface area contributed by atoms with E-state index < -0.39 is 15.8 Å². The highest BCUT2D eigenvalue weighted by Gasteiger charge is 2.37. The molecule has 4 heterocycles. The Morgan fingerprint density at radius 3 is 1.61 bits per heavy atom. The molecule has 180 valence electrons. The van der Waals surface area contributed by atoms with E-state index in [-0.39, 0.29) is 5.41 Å². The maximum atomic E-state index is 6.00. The second kappa shape index (κ2) is 9.62. The van der Waals surface area contributed by atoms with E-state index in [9.17, 15) is 0 Å². The highest BCUT2D eigenvalue weighted by atomic mass is 31.1. The van der Waals surface area contributed by atoms with E-state index in [0.717, 1.165) is 28.4 Å². The van der Waals surface area contributed by atoms with Crippen LogP contribution in [0.3, 0.4) is 0 Å². The molecular weight excluding hydrogens is 486 g/mol. The SMILES string of the molecule is CC1(C)CC=CC(P(c2ccco2)c2ccco2)=C1c1ccccc1P(c1ccco1)c1ccco1. The van der Waals surface area contributed by atoms with E-state index in [1.165, 1.54) is 21.8 Å². The highest BCUT2D eigenvalue weighted by molar-refractivity contribution is 7.79. The first-order valence-electron chi connectivity index (χ1n) is 11.9. The third-order valence-corrected chi connectivity index (χ3v) is 10.9. The molecule has 0 saturated heterocycles. The summed E-state index contributed by atoms with van der Waals surface area (Å²) in [6.45, 7) is 4.64. The van der Waals surface area contributed by atoms with E-state index in [1.807, 2.05) is 36.4 Å². The van der Waals surface area contributed by atoms with Crippen molar-refractivity contribution in [1.82, 2.24) is 0 Å². The van der Waals surface area contributed by atoms with E-state index in [0.29, 0.717) is 0 Å². The molecule has 0 spiro atoms. The van der Waals surface area contributed by atoms with Gasteiger partial charge in [-0.25, -0.2) is 0 Å². The molecule has 1 aromatic carbocycles. The summed E-state index contributed by atoms with van der Waals surface area (Å²) in [5, 5.41) is 2.45. The molecule has 1 aliphatic rings. The van der Waals surface area contributed by atoms with Gasteiger partial charge in [-0.1, -0.05) is 50.3 Å². The number of benzene rings is 1. The normalized spacial score (nSPS) is 15.3. The van der Waals surface area contributed by atoms with Crippen LogP contribution in [0.25, 0.3) is 5.57 Å². The minimum Gasteiger partial charge on any atom is -0.464 e. The summed E-state index contributed by atoms with van der Waals surface area (Å²) in [6, 6.07) is 24.7. The Bertz CT molecular complexity index is 1400. The summed E-state index contributed by atoms with van der Waals surface area (Å²) in [4.78, 5) is 0. The predicted octanol–water partition coefficient (Wildman–Crippen LogP) is 6.65. The van der Waals surface area contributed by atoms with Crippen LogP contribution in [0.1, 0.15) is 25.8 Å². The van der Waals surface area contributed by atoms with Crippen LogP contribution in [0.15, 0.2) is 133 Å². The molecule has 0 unspecified atom stereocenters. The summed E-state index contributed by atoms with van der Waals surface area (Å²) in [7, 11) is -2.04. The van der Waals surface area contributed by atoms with E-state index in [4.69, 9.17) is 17.7 Å². The number of rotatable bonds is 7. The van der Waals surface area contributed by atoms with Gasteiger partial charge in [-0.2, -0.15) is 0 Å². The smallest absolute Gasteiger partial charge is 0.137 e. The van der Waals surface area contributed by atoms with Gasteiger partial charge in [0.15, 0.2) is 0 Å². The number of furan rings is 4. The Kier molecular flexibility index (Phi) is 6.17. The van der Waals surface area contributed by atoms with Crippen LogP contribution in [0, 0.1) is 5.41 Å². The van der Waals surface area contributed by atoms with Crippen LogP contribution in [0.2, 0.25) is 0 Å². The molecule has 0 atom stereocenters. The molecule has 36 heavy (non-hydrogen) atoms. The fourth-order valence-corrected chi connectivity index (χ4v) is 9.40. The fraction of sp³-hybridized carbons (Fsp3) is 0.133. The Morgan fingerprint density at radius 1 is 0.611 bits per heavy atom. The molecule has 4 aromatic heterocycles. The summed E-state index contributed by atoms with van der Waals surface area (Å²) in [5.41, 5.74) is 6.10. The lowest BCUT2D eigenvalue weighted by atomic mass is 9.75. The first-order chi connectivity index (χ1) is 17.6. The molecule has 0 saturated carbocycles. The lowest BCUT2D eigenvalue weighted by Crippen LogP contribution is -2.27. The minimum atomic E-state index is -1.02. The zero-order valence-electron chi connectivity index (χ0n) is 20.1. The van der Waals surface area contributed by atoms with Crippen LogP contribution in [-0.2, 0) is 0 Å². The topological polar surface area (TPSA) is 52.6 Å². The fourth-order valence-electron chi connectivity index (χ4n) is 4.85. The van der Waals surface area contributed by atoms with Gasteiger partial charge in [0, 0.05) is 0 Å². The quantitative estimate of drug-likeness (QED) is 0.229. The van der Waals surface area contributed by atoms with Crippen molar-refractivity contribution in [2.75, 3.05) is 0 Å². The van der Waals surface area contributed by atoms with Gasteiger partial charge in [-0.3, -0.25) is 0 Å². The molecule has 0 bridgehead atoms. The molecule has 0 radical (unpaired) electrons. The summed E-state index contributed by atoms with van der Waals surface area (Å²) >= 11 is 0. The van der Waals surface area contributed by atoms with Crippen LogP contribution in [0.5, 0.6) is 0 Å². The molecule has 5 aromatic rings. The van der Waals surface area contributed by atoms with Crippen LogP contribution >= 0.6 is 15.8 Å². The van der Waals surface area contributed by atoms with E-state index >= 15 is 0 Å². The minimum absolute atomic E-state index is 0.104. The van der Waals surface area contributed by atoms with Gasteiger partial charge in [-0.05, 0) is 82.1 Å².